The highest BCUT2D eigenvalue weighted by molar-refractivity contribution is 6.46. The zero-order valence-corrected chi connectivity index (χ0v) is 18.2. The smallest absolute Gasteiger partial charge is 0.295 e. The van der Waals surface area contributed by atoms with E-state index in [9.17, 15) is 24.8 Å². The summed E-state index contributed by atoms with van der Waals surface area (Å²) in [7, 11) is 0. The van der Waals surface area contributed by atoms with Crippen molar-refractivity contribution in [1.82, 2.24) is 9.88 Å². The number of non-ortho nitro benzene ring substituents is 1. The molecule has 3 aromatic rings. The summed E-state index contributed by atoms with van der Waals surface area (Å²) in [6.45, 7) is 2.31. The predicted molar refractivity (Wildman–Crippen MR) is 123 cm³/mol. The molecule has 0 aliphatic carbocycles. The minimum Gasteiger partial charge on any atom is -0.507 e. The van der Waals surface area contributed by atoms with Crippen molar-refractivity contribution in [2.75, 3.05) is 6.61 Å². The van der Waals surface area contributed by atoms with E-state index in [1.807, 2.05) is 6.92 Å². The number of carbonyl (C=O) groups excluding carboxylic acids is 2. The molecule has 0 spiro atoms. The van der Waals surface area contributed by atoms with Gasteiger partial charge in [-0.3, -0.25) is 24.7 Å². The van der Waals surface area contributed by atoms with Crippen molar-refractivity contribution in [2.45, 2.75) is 19.5 Å². The zero-order chi connectivity index (χ0) is 24.2. The van der Waals surface area contributed by atoms with Gasteiger partial charge in [-0.1, -0.05) is 18.2 Å². The van der Waals surface area contributed by atoms with Crippen LogP contribution < -0.4 is 4.74 Å². The minimum atomic E-state index is -0.947. The Labute approximate surface area is 195 Å². The third-order valence-electron chi connectivity index (χ3n) is 5.45. The third-order valence-corrected chi connectivity index (χ3v) is 5.45. The maximum absolute atomic E-state index is 13.1. The van der Waals surface area contributed by atoms with Gasteiger partial charge in [-0.15, -0.1) is 0 Å². The number of amides is 1. The molecule has 1 fully saturated rings. The van der Waals surface area contributed by atoms with Crippen molar-refractivity contribution in [1.29, 1.82) is 0 Å². The second-order valence-electron chi connectivity index (χ2n) is 7.60. The first-order valence-electron chi connectivity index (χ1n) is 10.6. The number of carbonyl (C=O) groups is 2. The van der Waals surface area contributed by atoms with Crippen LogP contribution in [0.2, 0.25) is 0 Å². The Morgan fingerprint density at radius 2 is 1.91 bits per heavy atom. The monoisotopic (exact) mass is 459 g/mol. The molecule has 1 aromatic heterocycles. The third kappa shape index (κ3) is 4.36. The van der Waals surface area contributed by atoms with Crippen LogP contribution >= 0.6 is 0 Å². The second kappa shape index (κ2) is 9.53. The molecule has 0 bridgehead atoms. The van der Waals surface area contributed by atoms with Crippen LogP contribution in [0, 0.1) is 10.1 Å². The molecule has 172 valence electrons. The molecule has 0 saturated carbocycles. The van der Waals surface area contributed by atoms with E-state index < -0.39 is 22.7 Å². The van der Waals surface area contributed by atoms with Crippen LogP contribution in [0.4, 0.5) is 5.69 Å². The molecule has 1 atom stereocenters. The van der Waals surface area contributed by atoms with Crippen LogP contribution in [-0.2, 0) is 16.1 Å². The number of rotatable bonds is 7. The lowest BCUT2D eigenvalue weighted by molar-refractivity contribution is -0.384. The van der Waals surface area contributed by atoms with Crippen molar-refractivity contribution >= 4 is 23.1 Å². The molecule has 4 rings (SSSR count). The Kier molecular flexibility index (Phi) is 6.35. The van der Waals surface area contributed by atoms with Crippen LogP contribution in [0.1, 0.15) is 29.7 Å². The summed E-state index contributed by atoms with van der Waals surface area (Å²) in [6.07, 6.45) is 3.18. The van der Waals surface area contributed by atoms with Crippen LogP contribution in [0.5, 0.6) is 5.75 Å². The highest BCUT2D eigenvalue weighted by Gasteiger charge is 2.46. The van der Waals surface area contributed by atoms with Crippen LogP contribution in [0.15, 0.2) is 78.6 Å². The minimum absolute atomic E-state index is 0.0653. The predicted octanol–water partition coefficient (Wildman–Crippen LogP) is 4.01. The van der Waals surface area contributed by atoms with E-state index in [4.69, 9.17) is 4.74 Å². The van der Waals surface area contributed by atoms with Gasteiger partial charge in [0, 0.05) is 36.6 Å². The lowest BCUT2D eigenvalue weighted by atomic mass is 9.95. The molecular weight excluding hydrogens is 438 g/mol. The molecule has 1 N–H and O–H groups in total. The number of aliphatic hydroxyl groups excluding tert-OH is 1. The lowest BCUT2D eigenvalue weighted by Crippen LogP contribution is -2.29. The Bertz CT molecular complexity index is 1270. The number of aliphatic hydroxyl groups is 1. The number of likely N-dealkylation sites (tertiary alicyclic amines) is 1. The van der Waals surface area contributed by atoms with Gasteiger partial charge in [0.25, 0.3) is 17.4 Å². The van der Waals surface area contributed by atoms with E-state index in [0.717, 1.165) is 0 Å². The summed E-state index contributed by atoms with van der Waals surface area (Å²) in [5.41, 5.74) is 1.23. The number of nitro benzene ring substituents is 1. The number of ketones is 1. The molecule has 9 nitrogen and oxygen atoms in total. The largest absolute Gasteiger partial charge is 0.507 e. The molecule has 1 amide bonds. The first-order chi connectivity index (χ1) is 16.4. The number of hydrogen-bond acceptors (Lipinski definition) is 7. The molecule has 2 heterocycles. The number of benzene rings is 2. The fraction of sp³-hybridized carbons (Fsp3) is 0.160. The van der Waals surface area contributed by atoms with Crippen molar-refractivity contribution in [3.63, 3.8) is 0 Å². The van der Waals surface area contributed by atoms with E-state index in [-0.39, 0.29) is 23.6 Å². The number of ether oxygens (including phenoxy) is 1. The summed E-state index contributed by atoms with van der Waals surface area (Å²) in [4.78, 5) is 42.1. The van der Waals surface area contributed by atoms with Crippen molar-refractivity contribution < 1.29 is 24.4 Å². The molecule has 1 saturated heterocycles. The van der Waals surface area contributed by atoms with Gasteiger partial charge in [0.1, 0.15) is 11.5 Å². The summed E-state index contributed by atoms with van der Waals surface area (Å²) in [5, 5.41) is 22.3. The first kappa shape index (κ1) is 22.7. The molecule has 1 unspecified atom stereocenters. The number of aromatic nitrogens is 1. The number of hydrogen-bond donors (Lipinski definition) is 1. The van der Waals surface area contributed by atoms with Gasteiger partial charge in [0.05, 0.1) is 23.1 Å². The summed E-state index contributed by atoms with van der Waals surface area (Å²) < 4.78 is 5.49. The molecule has 34 heavy (non-hydrogen) atoms. The van der Waals surface area contributed by atoms with Crippen LogP contribution in [-0.4, -0.2) is 38.2 Å². The zero-order valence-electron chi connectivity index (χ0n) is 18.2. The quantitative estimate of drug-likeness (QED) is 0.186. The highest BCUT2D eigenvalue weighted by Crippen LogP contribution is 2.41. The van der Waals surface area contributed by atoms with Crippen LogP contribution in [0.25, 0.3) is 5.76 Å². The number of nitrogens with zero attached hydrogens (tertiary/aromatic N) is 3. The van der Waals surface area contributed by atoms with Gasteiger partial charge in [-0.05, 0) is 48.4 Å². The van der Waals surface area contributed by atoms with Gasteiger partial charge in [0.15, 0.2) is 0 Å². The summed E-state index contributed by atoms with van der Waals surface area (Å²) in [6, 6.07) is 14.7. The topological polar surface area (TPSA) is 123 Å². The van der Waals surface area contributed by atoms with Crippen LogP contribution in [0.3, 0.4) is 0 Å². The fourth-order valence-electron chi connectivity index (χ4n) is 3.91. The Morgan fingerprint density at radius 1 is 1.15 bits per heavy atom. The maximum Gasteiger partial charge on any atom is 0.295 e. The molecule has 1 aliphatic rings. The van der Waals surface area contributed by atoms with E-state index in [0.29, 0.717) is 29.0 Å². The van der Waals surface area contributed by atoms with E-state index in [1.54, 1.807) is 48.8 Å². The molecule has 1 aliphatic heterocycles. The first-order valence-corrected chi connectivity index (χ1v) is 10.6. The number of nitro groups is 1. The van der Waals surface area contributed by atoms with Crippen molar-refractivity contribution in [2.24, 2.45) is 0 Å². The fourth-order valence-corrected chi connectivity index (χ4v) is 3.91. The van der Waals surface area contributed by atoms with Gasteiger partial charge in [0.2, 0.25) is 0 Å². The van der Waals surface area contributed by atoms with E-state index in [2.05, 4.69) is 4.98 Å². The van der Waals surface area contributed by atoms with Gasteiger partial charge in [-0.25, -0.2) is 0 Å². The normalized spacial score (nSPS) is 17.1. The summed E-state index contributed by atoms with van der Waals surface area (Å²) in [5.74, 6) is -1.47. The van der Waals surface area contributed by atoms with E-state index >= 15 is 0 Å². The van der Waals surface area contributed by atoms with Gasteiger partial charge in [-0.2, -0.15) is 0 Å². The lowest BCUT2D eigenvalue weighted by Gasteiger charge is -2.25. The number of pyridine rings is 1. The Morgan fingerprint density at radius 3 is 2.56 bits per heavy atom. The van der Waals surface area contributed by atoms with Crippen molar-refractivity contribution in [3.8, 4) is 5.75 Å². The Balaban J connectivity index is 1.85. The van der Waals surface area contributed by atoms with E-state index in [1.165, 1.54) is 29.2 Å². The summed E-state index contributed by atoms with van der Waals surface area (Å²) >= 11 is 0. The standard InChI is InChI=1S/C25H21N3O6/c1-2-34-20-7-3-6-18(13-20)23(29)21-22(17-8-10-19(11-9-17)28(32)33)27(25(31)24(21)30)15-16-5-4-12-26-14-16/h3-14,22,29H,2,15H2,1H3. The Hall–Kier alpha value is -4.53. The molecule has 2 aromatic carbocycles. The number of Topliss-reactive ketones (excluding diaryl/α,β-unsaturated/α-hetero) is 1. The van der Waals surface area contributed by atoms with Gasteiger partial charge < -0.3 is 14.7 Å². The SMILES string of the molecule is CCOc1cccc(C(O)=C2C(=O)C(=O)N(Cc3cccnc3)C2c2ccc([N+](=O)[O-])cc2)c1. The molecule has 9 heteroatoms. The molecular formula is C25H21N3O6. The second-order valence-corrected chi connectivity index (χ2v) is 7.60. The highest BCUT2D eigenvalue weighted by atomic mass is 16.6. The average Bonchev–Trinajstić information content (AvgIpc) is 3.09. The molecule has 0 radical (unpaired) electrons. The van der Waals surface area contributed by atoms with Gasteiger partial charge >= 0.3 is 0 Å². The average molecular weight is 459 g/mol. The van der Waals surface area contributed by atoms with Crippen molar-refractivity contribution in [3.05, 3.63) is 105 Å². The maximum atomic E-state index is 13.1.